The summed E-state index contributed by atoms with van der Waals surface area (Å²) in [6, 6.07) is 0. The van der Waals surface area contributed by atoms with Crippen LogP contribution in [0.3, 0.4) is 0 Å². The van der Waals surface area contributed by atoms with Crippen LogP contribution in [0, 0.1) is 0 Å². The third-order valence-corrected chi connectivity index (χ3v) is 4.90. The molecule has 0 N–H and O–H groups in total. The fourth-order valence-corrected chi connectivity index (χ4v) is 3.41. The lowest BCUT2D eigenvalue weighted by Crippen LogP contribution is -2.50. The fourth-order valence-electron chi connectivity index (χ4n) is 1.54. The predicted molar refractivity (Wildman–Crippen MR) is 81.8 cm³/mol. The molecule has 0 saturated heterocycles. The predicted octanol–water partition coefficient (Wildman–Crippen LogP) is 2.20. The Bertz CT molecular complexity index is 305. The summed E-state index contributed by atoms with van der Waals surface area (Å²) in [6.07, 6.45) is 1.63. The van der Waals surface area contributed by atoms with Crippen LogP contribution in [0.1, 0.15) is 53.4 Å². The van der Waals surface area contributed by atoms with Crippen molar-refractivity contribution in [2.45, 2.75) is 53.4 Å². The maximum absolute atomic E-state index is 11.9. The van der Waals surface area contributed by atoms with Gasteiger partial charge in [0, 0.05) is 19.8 Å². The molecule has 0 heterocycles. The van der Waals surface area contributed by atoms with Crippen molar-refractivity contribution in [1.29, 1.82) is 0 Å². The summed E-state index contributed by atoms with van der Waals surface area (Å²) in [5.74, 6) is -1.00. The number of rotatable bonds is 13. The SMILES string of the molecule is CCCCOC(=O)CCC(=O)O[Si](OCC)(OCC)OCC. The molecule has 0 aliphatic heterocycles. The number of carbonyl (C=O) groups is 2. The Labute approximate surface area is 133 Å². The minimum atomic E-state index is -3.46. The highest BCUT2D eigenvalue weighted by Crippen LogP contribution is 2.14. The van der Waals surface area contributed by atoms with Crippen LogP contribution in [0.2, 0.25) is 0 Å². The number of carbonyl (C=O) groups excluding carboxylic acids is 2. The van der Waals surface area contributed by atoms with E-state index in [0.29, 0.717) is 26.4 Å². The van der Waals surface area contributed by atoms with Gasteiger partial charge in [-0.05, 0) is 27.2 Å². The molecule has 0 fully saturated rings. The molecule has 0 amide bonds. The molecule has 130 valence electrons. The smallest absolute Gasteiger partial charge is 0.466 e. The molecule has 8 heteroatoms. The van der Waals surface area contributed by atoms with Gasteiger partial charge in [0.2, 0.25) is 0 Å². The lowest BCUT2D eigenvalue weighted by Gasteiger charge is -2.25. The Morgan fingerprint density at radius 3 is 1.77 bits per heavy atom. The molecule has 0 aromatic carbocycles. The van der Waals surface area contributed by atoms with Crippen molar-refractivity contribution in [3.8, 4) is 0 Å². The van der Waals surface area contributed by atoms with Crippen LogP contribution in [0.15, 0.2) is 0 Å². The molecular weight excluding hydrogens is 308 g/mol. The number of esters is 1. The summed E-state index contributed by atoms with van der Waals surface area (Å²) in [5.41, 5.74) is 0. The standard InChI is InChI=1S/C14H28O7Si/c1-5-9-12-17-13(15)10-11-14(16)21-22(18-6-2,19-7-3)20-8-4/h5-12H2,1-4H3. The molecule has 0 aromatic rings. The molecule has 0 bridgehead atoms. The van der Waals surface area contributed by atoms with E-state index in [9.17, 15) is 9.59 Å². The van der Waals surface area contributed by atoms with E-state index in [1.165, 1.54) is 0 Å². The second kappa shape index (κ2) is 12.6. The molecular formula is C14H28O7Si. The van der Waals surface area contributed by atoms with Gasteiger partial charge in [0.05, 0.1) is 19.4 Å². The van der Waals surface area contributed by atoms with Gasteiger partial charge < -0.3 is 22.4 Å². The first kappa shape index (κ1) is 21.0. The van der Waals surface area contributed by atoms with E-state index in [1.54, 1.807) is 20.8 Å². The average Bonchev–Trinajstić information content (AvgIpc) is 2.46. The molecule has 0 radical (unpaired) electrons. The van der Waals surface area contributed by atoms with Gasteiger partial charge in [0.25, 0.3) is 5.97 Å². The Morgan fingerprint density at radius 1 is 0.818 bits per heavy atom. The van der Waals surface area contributed by atoms with E-state index in [4.69, 9.17) is 22.4 Å². The van der Waals surface area contributed by atoms with Crippen molar-refractivity contribution in [3.63, 3.8) is 0 Å². The first-order valence-corrected chi connectivity index (χ1v) is 9.46. The quantitative estimate of drug-likeness (QED) is 0.290. The largest absolute Gasteiger partial charge is 0.751 e. The highest BCUT2D eigenvalue weighted by atomic mass is 28.4. The van der Waals surface area contributed by atoms with E-state index >= 15 is 0 Å². The first-order chi connectivity index (χ1) is 10.5. The van der Waals surface area contributed by atoms with Crippen LogP contribution in [-0.4, -0.2) is 47.4 Å². The van der Waals surface area contributed by atoms with E-state index < -0.39 is 21.0 Å². The van der Waals surface area contributed by atoms with Crippen LogP contribution in [-0.2, 0) is 32.0 Å². The van der Waals surface area contributed by atoms with Gasteiger partial charge >= 0.3 is 15.0 Å². The van der Waals surface area contributed by atoms with Crippen molar-refractivity contribution in [2.24, 2.45) is 0 Å². The Morgan fingerprint density at radius 2 is 1.32 bits per heavy atom. The summed E-state index contributed by atoms with van der Waals surface area (Å²) in [6.45, 7) is 8.58. The molecule has 0 saturated carbocycles. The van der Waals surface area contributed by atoms with Crippen molar-refractivity contribution in [1.82, 2.24) is 0 Å². The molecule has 0 atom stereocenters. The molecule has 0 aliphatic carbocycles. The van der Waals surface area contributed by atoms with Crippen molar-refractivity contribution >= 4 is 21.0 Å². The van der Waals surface area contributed by atoms with Crippen molar-refractivity contribution in [2.75, 3.05) is 26.4 Å². The zero-order valence-corrected chi connectivity index (χ0v) is 15.0. The lowest BCUT2D eigenvalue weighted by molar-refractivity contribution is -0.151. The summed E-state index contributed by atoms with van der Waals surface area (Å²) in [7, 11) is -3.46. The summed E-state index contributed by atoms with van der Waals surface area (Å²) >= 11 is 0. The average molecular weight is 336 g/mol. The summed E-state index contributed by atoms with van der Waals surface area (Å²) in [4.78, 5) is 23.3. The summed E-state index contributed by atoms with van der Waals surface area (Å²) < 4.78 is 26.4. The van der Waals surface area contributed by atoms with E-state index in [1.807, 2.05) is 6.92 Å². The Balaban J connectivity index is 4.34. The fraction of sp³-hybridized carbons (Fsp3) is 0.857. The first-order valence-electron chi connectivity index (χ1n) is 7.82. The zero-order valence-electron chi connectivity index (χ0n) is 14.0. The molecule has 22 heavy (non-hydrogen) atoms. The van der Waals surface area contributed by atoms with Crippen LogP contribution in [0.5, 0.6) is 0 Å². The minimum absolute atomic E-state index is 0.0304. The van der Waals surface area contributed by atoms with Gasteiger partial charge in [0.1, 0.15) is 0 Å². The number of hydrogen-bond donors (Lipinski definition) is 0. The number of hydrogen-bond acceptors (Lipinski definition) is 7. The van der Waals surface area contributed by atoms with E-state index in [2.05, 4.69) is 0 Å². The van der Waals surface area contributed by atoms with Gasteiger partial charge in [-0.1, -0.05) is 13.3 Å². The molecule has 0 aliphatic rings. The molecule has 7 nitrogen and oxygen atoms in total. The van der Waals surface area contributed by atoms with E-state index in [0.717, 1.165) is 12.8 Å². The highest BCUT2D eigenvalue weighted by Gasteiger charge is 2.49. The third-order valence-electron chi connectivity index (χ3n) is 2.50. The van der Waals surface area contributed by atoms with Gasteiger partial charge in [-0.15, -0.1) is 0 Å². The number of unbranched alkanes of at least 4 members (excludes halogenated alkanes) is 1. The van der Waals surface area contributed by atoms with Gasteiger partial charge in [-0.2, -0.15) is 0 Å². The van der Waals surface area contributed by atoms with Gasteiger partial charge in [0.15, 0.2) is 0 Å². The maximum atomic E-state index is 11.9. The zero-order chi connectivity index (χ0) is 16.8. The van der Waals surface area contributed by atoms with Crippen LogP contribution >= 0.6 is 0 Å². The van der Waals surface area contributed by atoms with Gasteiger partial charge in [-0.3, -0.25) is 9.59 Å². The second-order valence-corrected chi connectivity index (χ2v) is 6.42. The normalized spacial score (nSPS) is 11.3. The topological polar surface area (TPSA) is 80.3 Å². The molecule has 0 aromatic heterocycles. The molecule has 0 unspecified atom stereocenters. The lowest BCUT2D eigenvalue weighted by atomic mass is 10.3. The van der Waals surface area contributed by atoms with Crippen LogP contribution in [0.4, 0.5) is 0 Å². The second-order valence-electron chi connectivity index (χ2n) is 4.35. The third kappa shape index (κ3) is 9.14. The monoisotopic (exact) mass is 336 g/mol. The minimum Gasteiger partial charge on any atom is -0.466 e. The van der Waals surface area contributed by atoms with Gasteiger partial charge in [-0.25, -0.2) is 0 Å². The van der Waals surface area contributed by atoms with Crippen molar-refractivity contribution in [3.05, 3.63) is 0 Å². The van der Waals surface area contributed by atoms with Crippen LogP contribution in [0.25, 0.3) is 0 Å². The van der Waals surface area contributed by atoms with E-state index in [-0.39, 0.29) is 12.8 Å². The maximum Gasteiger partial charge on any atom is 0.751 e. The molecule has 0 rings (SSSR count). The highest BCUT2D eigenvalue weighted by molar-refractivity contribution is 6.55. The van der Waals surface area contributed by atoms with Crippen molar-refractivity contribution < 1.29 is 32.0 Å². The molecule has 0 spiro atoms. The number of ether oxygens (including phenoxy) is 1. The Hall–Kier alpha value is -0.963. The summed E-state index contributed by atoms with van der Waals surface area (Å²) in [5, 5.41) is 0. The van der Waals surface area contributed by atoms with Crippen LogP contribution < -0.4 is 0 Å². The Kier molecular flexibility index (Phi) is 12.0.